The number of benzene rings is 2. The highest BCUT2D eigenvalue weighted by atomic mass is 35.5. The Morgan fingerprint density at radius 2 is 2.00 bits per heavy atom. The molecule has 1 saturated heterocycles. The number of morpholine rings is 1. The van der Waals surface area contributed by atoms with Gasteiger partial charge in [0.2, 0.25) is 0 Å². The van der Waals surface area contributed by atoms with Crippen molar-refractivity contribution >= 4 is 34.0 Å². The summed E-state index contributed by atoms with van der Waals surface area (Å²) in [5, 5.41) is 4.13. The topological polar surface area (TPSA) is 59.5 Å². The van der Waals surface area contributed by atoms with E-state index >= 15 is 0 Å². The molecule has 1 N–H and O–H groups in total. The van der Waals surface area contributed by atoms with Crippen molar-refractivity contribution in [1.82, 2.24) is 14.9 Å². The normalized spacial score (nSPS) is 14.8. The van der Waals surface area contributed by atoms with E-state index in [2.05, 4.69) is 20.2 Å². The molecule has 1 fully saturated rings. The molecule has 3 aromatic rings. The number of halogens is 2. The molecule has 0 amide bonds. The zero-order valence-corrected chi connectivity index (χ0v) is 16.7. The molecule has 1 aliphatic rings. The fraction of sp³-hybridized carbons (Fsp3) is 0.333. The number of hydrogen-bond acceptors (Lipinski definition) is 6. The van der Waals surface area contributed by atoms with Crippen LogP contribution < -0.4 is 10.1 Å². The highest BCUT2D eigenvalue weighted by Gasteiger charge is 2.11. The highest BCUT2D eigenvalue weighted by Crippen LogP contribution is 2.28. The van der Waals surface area contributed by atoms with Crippen LogP contribution in [0.1, 0.15) is 6.42 Å². The third-order valence-corrected chi connectivity index (χ3v) is 5.02. The van der Waals surface area contributed by atoms with Gasteiger partial charge in [0.05, 0.1) is 31.0 Å². The lowest BCUT2D eigenvalue weighted by molar-refractivity contribution is 0.0358. The van der Waals surface area contributed by atoms with E-state index in [1.807, 2.05) is 18.2 Å². The first-order chi connectivity index (χ1) is 14.2. The molecule has 8 heteroatoms. The second-order valence-electron chi connectivity index (χ2n) is 6.81. The van der Waals surface area contributed by atoms with Crippen LogP contribution in [0.5, 0.6) is 5.75 Å². The minimum atomic E-state index is -0.440. The van der Waals surface area contributed by atoms with Crippen molar-refractivity contribution in [2.75, 3.05) is 44.8 Å². The maximum absolute atomic E-state index is 14.1. The highest BCUT2D eigenvalue weighted by molar-refractivity contribution is 6.30. The average molecular weight is 417 g/mol. The van der Waals surface area contributed by atoms with Gasteiger partial charge in [-0.05, 0) is 36.8 Å². The van der Waals surface area contributed by atoms with E-state index in [-0.39, 0.29) is 0 Å². The Kier molecular flexibility index (Phi) is 6.39. The van der Waals surface area contributed by atoms with Crippen molar-refractivity contribution in [3.63, 3.8) is 0 Å². The lowest BCUT2D eigenvalue weighted by atomic mass is 10.2. The molecule has 29 heavy (non-hydrogen) atoms. The van der Waals surface area contributed by atoms with Gasteiger partial charge in [-0.3, -0.25) is 4.90 Å². The lowest BCUT2D eigenvalue weighted by Crippen LogP contribution is -2.37. The Morgan fingerprint density at radius 3 is 2.83 bits per heavy atom. The van der Waals surface area contributed by atoms with Gasteiger partial charge < -0.3 is 14.8 Å². The summed E-state index contributed by atoms with van der Waals surface area (Å²) in [6.45, 7) is 5.21. The van der Waals surface area contributed by atoms with Crippen molar-refractivity contribution in [1.29, 1.82) is 0 Å². The average Bonchev–Trinajstić information content (AvgIpc) is 2.74. The summed E-state index contributed by atoms with van der Waals surface area (Å²) in [5.74, 6) is 0.835. The first kappa shape index (κ1) is 19.8. The van der Waals surface area contributed by atoms with Gasteiger partial charge in [-0.25, -0.2) is 14.4 Å². The first-order valence-corrected chi connectivity index (χ1v) is 9.96. The zero-order valence-electron chi connectivity index (χ0n) is 15.9. The van der Waals surface area contributed by atoms with Crippen LogP contribution in [0.25, 0.3) is 10.9 Å². The molecule has 0 radical (unpaired) electrons. The molecule has 0 saturated carbocycles. The van der Waals surface area contributed by atoms with Crippen LogP contribution in [0.3, 0.4) is 0 Å². The van der Waals surface area contributed by atoms with Gasteiger partial charge in [0.15, 0.2) is 0 Å². The smallest absolute Gasteiger partial charge is 0.148 e. The molecule has 0 atom stereocenters. The molecule has 152 valence electrons. The van der Waals surface area contributed by atoms with E-state index in [4.69, 9.17) is 21.1 Å². The molecule has 1 aromatic heterocycles. The molecule has 1 aliphatic heterocycles. The van der Waals surface area contributed by atoms with E-state index in [0.29, 0.717) is 23.1 Å². The van der Waals surface area contributed by atoms with Crippen LogP contribution in [0.2, 0.25) is 5.02 Å². The lowest BCUT2D eigenvalue weighted by Gasteiger charge is -2.26. The van der Waals surface area contributed by atoms with E-state index in [1.165, 1.54) is 12.4 Å². The second kappa shape index (κ2) is 9.35. The van der Waals surface area contributed by atoms with Gasteiger partial charge in [-0.15, -0.1) is 0 Å². The first-order valence-electron chi connectivity index (χ1n) is 9.59. The summed E-state index contributed by atoms with van der Waals surface area (Å²) in [5.41, 5.74) is 1.03. The van der Waals surface area contributed by atoms with Crippen LogP contribution in [0.4, 0.5) is 15.9 Å². The summed E-state index contributed by atoms with van der Waals surface area (Å²) >= 11 is 5.81. The van der Waals surface area contributed by atoms with Crippen molar-refractivity contribution in [3.05, 3.63) is 53.6 Å². The minimum absolute atomic E-state index is 0.304. The van der Waals surface area contributed by atoms with Gasteiger partial charge in [-0.2, -0.15) is 0 Å². The van der Waals surface area contributed by atoms with Crippen LogP contribution in [0, 0.1) is 5.82 Å². The predicted molar refractivity (Wildman–Crippen MR) is 112 cm³/mol. The maximum Gasteiger partial charge on any atom is 0.148 e. The van der Waals surface area contributed by atoms with Crippen LogP contribution in [-0.2, 0) is 4.74 Å². The summed E-state index contributed by atoms with van der Waals surface area (Å²) in [6.07, 6.45) is 2.39. The Hall–Kier alpha value is -2.48. The molecule has 0 unspecified atom stereocenters. The van der Waals surface area contributed by atoms with Gasteiger partial charge in [0, 0.05) is 36.1 Å². The van der Waals surface area contributed by atoms with Gasteiger partial charge in [0.25, 0.3) is 0 Å². The molecule has 0 spiro atoms. The summed E-state index contributed by atoms with van der Waals surface area (Å²) in [7, 11) is 0. The molecular weight excluding hydrogens is 395 g/mol. The quantitative estimate of drug-likeness (QED) is 0.580. The number of fused-ring (bicyclic) bond motifs is 1. The summed E-state index contributed by atoms with van der Waals surface area (Å²) in [4.78, 5) is 10.9. The molecule has 2 heterocycles. The summed E-state index contributed by atoms with van der Waals surface area (Å²) < 4.78 is 25.3. The van der Waals surface area contributed by atoms with Crippen molar-refractivity contribution in [2.24, 2.45) is 0 Å². The Balaban J connectivity index is 1.40. The van der Waals surface area contributed by atoms with Crippen molar-refractivity contribution in [3.8, 4) is 5.75 Å². The molecule has 0 aliphatic carbocycles. The Morgan fingerprint density at radius 1 is 1.14 bits per heavy atom. The number of rotatable bonds is 7. The number of nitrogens with one attached hydrogen (secondary N) is 1. The fourth-order valence-electron chi connectivity index (χ4n) is 3.25. The van der Waals surface area contributed by atoms with Crippen LogP contribution in [0.15, 0.2) is 42.7 Å². The van der Waals surface area contributed by atoms with Crippen molar-refractivity contribution in [2.45, 2.75) is 6.42 Å². The van der Waals surface area contributed by atoms with Crippen molar-refractivity contribution < 1.29 is 13.9 Å². The minimum Gasteiger partial charge on any atom is -0.493 e. The van der Waals surface area contributed by atoms with Gasteiger partial charge in [0.1, 0.15) is 23.7 Å². The predicted octanol–water partition coefficient (Wildman–Crippen LogP) is 4.27. The SMILES string of the molecule is Fc1cc(Cl)ccc1Nc1ncnc2cc(OCCCN3CCOCC3)ccc12. The van der Waals surface area contributed by atoms with E-state index in [1.54, 1.807) is 12.1 Å². The van der Waals surface area contributed by atoms with E-state index in [0.717, 1.165) is 55.9 Å². The molecular formula is C21H22ClFN4O2. The van der Waals surface area contributed by atoms with Gasteiger partial charge in [-0.1, -0.05) is 11.6 Å². The summed E-state index contributed by atoms with van der Waals surface area (Å²) in [6, 6.07) is 10.1. The monoisotopic (exact) mass is 416 g/mol. The number of ether oxygens (including phenoxy) is 2. The largest absolute Gasteiger partial charge is 0.493 e. The standard InChI is InChI=1S/C21H22ClFN4O2/c22-15-2-5-19(18(23)12-15)26-21-17-4-3-16(13-20(17)24-14-25-21)29-9-1-6-27-7-10-28-11-8-27/h2-5,12-14H,1,6-11H2,(H,24,25,26). The number of hydrogen-bond donors (Lipinski definition) is 1. The Labute approximate surface area is 173 Å². The zero-order chi connectivity index (χ0) is 20.1. The van der Waals surface area contributed by atoms with E-state index < -0.39 is 5.82 Å². The number of nitrogens with zero attached hydrogens (tertiary/aromatic N) is 3. The maximum atomic E-state index is 14.1. The third-order valence-electron chi connectivity index (χ3n) is 4.78. The van der Waals surface area contributed by atoms with E-state index in [9.17, 15) is 4.39 Å². The molecule has 6 nitrogen and oxygen atoms in total. The van der Waals surface area contributed by atoms with Crippen LogP contribution in [-0.4, -0.2) is 54.3 Å². The molecule has 4 rings (SSSR count). The fourth-order valence-corrected chi connectivity index (χ4v) is 3.41. The molecule has 2 aromatic carbocycles. The number of anilines is 2. The second-order valence-corrected chi connectivity index (χ2v) is 7.24. The Bertz CT molecular complexity index is 982. The van der Waals surface area contributed by atoms with Gasteiger partial charge >= 0.3 is 0 Å². The third kappa shape index (κ3) is 5.12. The number of aromatic nitrogens is 2. The molecule has 0 bridgehead atoms. The van der Waals surface area contributed by atoms with Crippen LogP contribution >= 0.6 is 11.6 Å².